The van der Waals surface area contributed by atoms with Crippen LogP contribution in [0.15, 0.2) is 18.2 Å². The zero-order chi connectivity index (χ0) is 16.9. The van der Waals surface area contributed by atoms with E-state index >= 15 is 0 Å². The maximum absolute atomic E-state index is 13.6. The Hall–Kier alpha value is -1.67. The van der Waals surface area contributed by atoms with E-state index in [9.17, 15) is 17.6 Å². The third-order valence-corrected chi connectivity index (χ3v) is 4.35. The second-order valence-electron chi connectivity index (χ2n) is 5.83. The first kappa shape index (κ1) is 17.7. The van der Waals surface area contributed by atoms with Gasteiger partial charge in [-0.05, 0) is 56.5 Å². The molecule has 3 N–H and O–H groups in total. The molecule has 1 amide bonds. The molecule has 0 spiro atoms. The molecular formula is C15H22FN3O3S. The minimum Gasteiger partial charge on any atom is -0.352 e. The van der Waals surface area contributed by atoms with Crippen molar-refractivity contribution in [2.45, 2.75) is 19.3 Å². The molecule has 0 bridgehead atoms. The van der Waals surface area contributed by atoms with Crippen LogP contribution < -0.4 is 15.4 Å². The molecule has 1 fully saturated rings. The molecule has 1 aliphatic rings. The molecule has 6 nitrogen and oxygen atoms in total. The van der Waals surface area contributed by atoms with Crippen molar-refractivity contribution in [3.05, 3.63) is 29.6 Å². The van der Waals surface area contributed by atoms with Gasteiger partial charge in [-0.25, -0.2) is 12.8 Å². The molecule has 1 saturated heterocycles. The normalized spacial score (nSPS) is 18.4. The van der Waals surface area contributed by atoms with E-state index in [0.717, 1.165) is 44.7 Å². The Morgan fingerprint density at radius 3 is 2.87 bits per heavy atom. The van der Waals surface area contributed by atoms with Gasteiger partial charge in [0.2, 0.25) is 10.0 Å². The number of benzene rings is 1. The molecule has 1 atom stereocenters. The van der Waals surface area contributed by atoms with E-state index in [-0.39, 0.29) is 17.2 Å². The highest BCUT2D eigenvalue weighted by Crippen LogP contribution is 2.17. The first-order valence-electron chi connectivity index (χ1n) is 7.61. The molecule has 1 heterocycles. The molecule has 8 heteroatoms. The summed E-state index contributed by atoms with van der Waals surface area (Å²) < 4.78 is 38.0. The number of halogens is 1. The maximum Gasteiger partial charge on any atom is 0.251 e. The second-order valence-corrected chi connectivity index (χ2v) is 7.57. The van der Waals surface area contributed by atoms with Crippen molar-refractivity contribution in [1.29, 1.82) is 0 Å². The summed E-state index contributed by atoms with van der Waals surface area (Å²) >= 11 is 0. The number of rotatable bonds is 6. The number of anilines is 1. The summed E-state index contributed by atoms with van der Waals surface area (Å²) in [4.78, 5) is 12.1. The lowest BCUT2D eigenvalue weighted by Crippen LogP contribution is -2.33. The summed E-state index contributed by atoms with van der Waals surface area (Å²) in [5.41, 5.74) is -0.00375. The molecular weight excluding hydrogens is 321 g/mol. The topological polar surface area (TPSA) is 87.3 Å². The fraction of sp³-hybridized carbons (Fsp3) is 0.533. The Kier molecular flexibility index (Phi) is 5.95. The summed E-state index contributed by atoms with van der Waals surface area (Å²) in [6, 6.07) is 3.61. The third-order valence-electron chi connectivity index (χ3n) is 3.76. The van der Waals surface area contributed by atoms with Gasteiger partial charge in [0.15, 0.2) is 0 Å². The molecule has 128 valence electrons. The van der Waals surface area contributed by atoms with Gasteiger partial charge in [-0.15, -0.1) is 0 Å². The van der Waals surface area contributed by atoms with Crippen molar-refractivity contribution in [3.63, 3.8) is 0 Å². The fourth-order valence-electron chi connectivity index (χ4n) is 2.61. The molecule has 0 saturated carbocycles. The standard InChI is InChI=1S/C15H22FN3O3S/c1-23(21,22)19-14-9-12(4-5-13(14)16)15(20)18-8-6-11-3-2-7-17-10-11/h4-5,9,11,17,19H,2-3,6-8,10H2,1H3,(H,18,20). The molecule has 2 rings (SSSR count). The number of amides is 1. The zero-order valence-corrected chi connectivity index (χ0v) is 13.9. The van der Waals surface area contributed by atoms with Crippen molar-refractivity contribution >= 4 is 21.6 Å². The minimum absolute atomic E-state index is 0.222. The van der Waals surface area contributed by atoms with Gasteiger partial charge in [-0.3, -0.25) is 9.52 Å². The average Bonchev–Trinajstić information content (AvgIpc) is 2.49. The first-order chi connectivity index (χ1) is 10.8. The average molecular weight is 343 g/mol. The van der Waals surface area contributed by atoms with Gasteiger partial charge in [0.1, 0.15) is 5.82 Å². The smallest absolute Gasteiger partial charge is 0.251 e. The van der Waals surface area contributed by atoms with Crippen LogP contribution in [0.1, 0.15) is 29.6 Å². The van der Waals surface area contributed by atoms with Crippen molar-refractivity contribution < 1.29 is 17.6 Å². The number of carbonyl (C=O) groups excluding carboxylic acids is 1. The van der Waals surface area contributed by atoms with Crippen molar-refractivity contribution in [1.82, 2.24) is 10.6 Å². The quantitative estimate of drug-likeness (QED) is 0.727. The molecule has 1 unspecified atom stereocenters. The van der Waals surface area contributed by atoms with Gasteiger partial charge in [-0.2, -0.15) is 0 Å². The summed E-state index contributed by atoms with van der Waals surface area (Å²) in [6.45, 7) is 2.56. The Morgan fingerprint density at radius 1 is 1.43 bits per heavy atom. The lowest BCUT2D eigenvalue weighted by Gasteiger charge is -2.22. The third kappa shape index (κ3) is 5.80. The zero-order valence-electron chi connectivity index (χ0n) is 13.1. The van der Waals surface area contributed by atoms with E-state index in [1.54, 1.807) is 0 Å². The summed E-state index contributed by atoms with van der Waals surface area (Å²) in [7, 11) is -3.60. The van der Waals surface area contributed by atoms with Gasteiger partial charge in [-0.1, -0.05) is 0 Å². The lowest BCUT2D eigenvalue weighted by atomic mass is 9.96. The summed E-state index contributed by atoms with van der Waals surface area (Å²) in [6.07, 6.45) is 4.12. The molecule has 1 aromatic carbocycles. The highest BCUT2D eigenvalue weighted by Gasteiger charge is 2.15. The lowest BCUT2D eigenvalue weighted by molar-refractivity contribution is 0.0950. The Morgan fingerprint density at radius 2 is 2.22 bits per heavy atom. The Labute approximate surface area is 135 Å². The van der Waals surface area contributed by atoms with E-state index in [2.05, 4.69) is 15.4 Å². The number of piperidine rings is 1. The summed E-state index contributed by atoms with van der Waals surface area (Å²) in [5.74, 6) is -0.509. The predicted molar refractivity (Wildman–Crippen MR) is 87.4 cm³/mol. The van der Waals surface area contributed by atoms with E-state index in [0.29, 0.717) is 12.5 Å². The van der Waals surface area contributed by atoms with Crippen molar-refractivity contribution in [3.8, 4) is 0 Å². The van der Waals surface area contributed by atoms with Crippen LogP contribution in [0.5, 0.6) is 0 Å². The summed E-state index contributed by atoms with van der Waals surface area (Å²) in [5, 5.41) is 6.11. The van der Waals surface area contributed by atoms with Gasteiger partial charge in [0, 0.05) is 12.1 Å². The van der Waals surface area contributed by atoms with Crippen LogP contribution in [-0.4, -0.2) is 40.2 Å². The van der Waals surface area contributed by atoms with Crippen LogP contribution >= 0.6 is 0 Å². The monoisotopic (exact) mass is 343 g/mol. The number of hydrogen-bond acceptors (Lipinski definition) is 4. The second kappa shape index (κ2) is 7.74. The minimum atomic E-state index is -3.60. The van der Waals surface area contributed by atoms with Crippen LogP contribution in [0.3, 0.4) is 0 Å². The highest BCUT2D eigenvalue weighted by atomic mass is 32.2. The molecule has 1 aliphatic heterocycles. The molecule has 1 aromatic rings. The number of hydrogen-bond donors (Lipinski definition) is 3. The maximum atomic E-state index is 13.6. The highest BCUT2D eigenvalue weighted by molar-refractivity contribution is 7.92. The molecule has 0 aromatic heterocycles. The van der Waals surface area contributed by atoms with Crippen LogP contribution in [0.4, 0.5) is 10.1 Å². The SMILES string of the molecule is CS(=O)(=O)Nc1cc(C(=O)NCCC2CCCNC2)ccc1F. The molecule has 0 aliphatic carbocycles. The van der Waals surface area contributed by atoms with Crippen LogP contribution in [0, 0.1) is 11.7 Å². The molecule has 0 radical (unpaired) electrons. The van der Waals surface area contributed by atoms with Crippen molar-refractivity contribution in [2.24, 2.45) is 5.92 Å². The Bertz CT molecular complexity index is 658. The van der Waals surface area contributed by atoms with Crippen LogP contribution in [-0.2, 0) is 10.0 Å². The predicted octanol–water partition coefficient (Wildman–Crippen LogP) is 1.32. The molecule has 23 heavy (non-hydrogen) atoms. The largest absolute Gasteiger partial charge is 0.352 e. The Balaban J connectivity index is 1.92. The van der Waals surface area contributed by atoms with Crippen LogP contribution in [0.25, 0.3) is 0 Å². The number of carbonyl (C=O) groups is 1. The van der Waals surface area contributed by atoms with Gasteiger partial charge < -0.3 is 10.6 Å². The van der Waals surface area contributed by atoms with E-state index in [4.69, 9.17) is 0 Å². The van der Waals surface area contributed by atoms with E-state index in [1.807, 2.05) is 0 Å². The van der Waals surface area contributed by atoms with E-state index in [1.165, 1.54) is 12.1 Å². The number of sulfonamides is 1. The van der Waals surface area contributed by atoms with Gasteiger partial charge in [0.05, 0.1) is 11.9 Å². The van der Waals surface area contributed by atoms with Crippen LogP contribution in [0.2, 0.25) is 0 Å². The fourth-order valence-corrected chi connectivity index (χ4v) is 3.16. The van der Waals surface area contributed by atoms with E-state index < -0.39 is 15.8 Å². The van der Waals surface area contributed by atoms with Crippen molar-refractivity contribution in [2.75, 3.05) is 30.6 Å². The van der Waals surface area contributed by atoms with Gasteiger partial charge in [0.25, 0.3) is 5.91 Å². The van der Waals surface area contributed by atoms with Gasteiger partial charge >= 0.3 is 0 Å². The first-order valence-corrected chi connectivity index (χ1v) is 9.50. The number of nitrogens with one attached hydrogen (secondary N) is 3.